The van der Waals surface area contributed by atoms with Crippen molar-refractivity contribution in [3.8, 4) is 0 Å². The third-order valence-electron chi connectivity index (χ3n) is 1.77. The predicted octanol–water partition coefficient (Wildman–Crippen LogP) is 1.67. The number of aliphatic hydroxyl groups excluding tert-OH is 1. The van der Waals surface area contributed by atoms with Crippen LogP contribution >= 0.6 is 22.6 Å². The highest BCUT2D eigenvalue weighted by Gasteiger charge is 2.10. The Morgan fingerprint density at radius 2 is 1.83 bits per heavy atom. The molecule has 0 saturated heterocycles. The lowest BCUT2D eigenvalue weighted by Gasteiger charge is -2.14. The van der Waals surface area contributed by atoms with Gasteiger partial charge in [-0.2, -0.15) is 0 Å². The summed E-state index contributed by atoms with van der Waals surface area (Å²) in [5.41, 5.74) is 6.71. The van der Waals surface area contributed by atoms with Crippen molar-refractivity contribution in [1.29, 1.82) is 0 Å². The van der Waals surface area contributed by atoms with Gasteiger partial charge in [-0.05, 0) is 47.2 Å². The predicted molar refractivity (Wildman–Crippen MR) is 57.8 cm³/mol. The third-order valence-corrected chi connectivity index (χ3v) is 2.49. The fourth-order valence-corrected chi connectivity index (χ4v) is 1.32. The van der Waals surface area contributed by atoms with Crippen molar-refractivity contribution in [2.75, 3.05) is 0 Å². The fourth-order valence-electron chi connectivity index (χ4n) is 0.964. The summed E-state index contributed by atoms with van der Waals surface area (Å²) in [5, 5.41) is 9.22. The van der Waals surface area contributed by atoms with Gasteiger partial charge in [-0.25, -0.2) is 0 Å². The zero-order chi connectivity index (χ0) is 9.14. The summed E-state index contributed by atoms with van der Waals surface area (Å²) < 4.78 is 1.18. The van der Waals surface area contributed by atoms with E-state index in [9.17, 15) is 5.11 Å². The lowest BCUT2D eigenvalue weighted by Crippen LogP contribution is -2.22. The first-order chi connectivity index (χ1) is 5.61. The first kappa shape index (κ1) is 9.95. The van der Waals surface area contributed by atoms with Crippen molar-refractivity contribution >= 4 is 22.6 Å². The molecule has 1 rings (SSSR count). The Morgan fingerprint density at radius 3 is 2.25 bits per heavy atom. The second kappa shape index (κ2) is 4.20. The molecule has 1 aromatic carbocycles. The molecule has 3 N–H and O–H groups in total. The van der Waals surface area contributed by atoms with Crippen LogP contribution in [0, 0.1) is 3.57 Å². The van der Waals surface area contributed by atoms with Crippen molar-refractivity contribution in [1.82, 2.24) is 0 Å². The van der Waals surface area contributed by atoms with Gasteiger partial charge < -0.3 is 10.8 Å². The molecule has 3 heteroatoms. The molecular weight excluding hydrogens is 265 g/mol. The summed E-state index contributed by atoms with van der Waals surface area (Å²) in [6.07, 6.45) is -0.495. The lowest BCUT2D eigenvalue weighted by atomic mass is 10.0. The summed E-state index contributed by atoms with van der Waals surface area (Å²) in [6.45, 7) is 1.70. The van der Waals surface area contributed by atoms with Gasteiger partial charge in [-0.15, -0.1) is 0 Å². The Balaban J connectivity index is 2.82. The molecule has 0 aromatic heterocycles. The molecule has 66 valence electrons. The zero-order valence-corrected chi connectivity index (χ0v) is 9.02. The number of hydrogen-bond donors (Lipinski definition) is 2. The van der Waals surface area contributed by atoms with Gasteiger partial charge in [0.05, 0.1) is 12.1 Å². The molecule has 0 aliphatic rings. The molecule has 0 radical (unpaired) electrons. The standard InChI is InChI=1S/C9H12INO/c1-6(12)9(11)7-2-4-8(10)5-3-7/h2-6,9,12H,11H2,1H3/t6-,9+/m0/s1. The van der Waals surface area contributed by atoms with E-state index in [4.69, 9.17) is 5.73 Å². The van der Waals surface area contributed by atoms with Crippen LogP contribution in [-0.4, -0.2) is 11.2 Å². The molecule has 0 heterocycles. The topological polar surface area (TPSA) is 46.2 Å². The normalized spacial score (nSPS) is 15.7. The van der Waals surface area contributed by atoms with Gasteiger partial charge in [-0.1, -0.05) is 12.1 Å². The van der Waals surface area contributed by atoms with Gasteiger partial charge >= 0.3 is 0 Å². The highest BCUT2D eigenvalue weighted by Crippen LogP contribution is 2.15. The minimum absolute atomic E-state index is 0.276. The van der Waals surface area contributed by atoms with Gasteiger partial charge in [0.1, 0.15) is 0 Å². The second-order valence-corrected chi connectivity index (χ2v) is 4.06. The number of rotatable bonds is 2. The molecule has 0 aliphatic heterocycles. The Kier molecular flexibility index (Phi) is 3.49. The molecule has 1 aromatic rings. The number of benzene rings is 1. The number of aliphatic hydroxyl groups is 1. The zero-order valence-electron chi connectivity index (χ0n) is 6.87. The van der Waals surface area contributed by atoms with E-state index in [1.54, 1.807) is 6.92 Å². The minimum atomic E-state index is -0.495. The summed E-state index contributed by atoms with van der Waals surface area (Å²) in [7, 11) is 0. The number of hydrogen-bond acceptors (Lipinski definition) is 2. The Morgan fingerprint density at radius 1 is 1.33 bits per heavy atom. The third kappa shape index (κ3) is 2.43. The average molecular weight is 277 g/mol. The fraction of sp³-hybridized carbons (Fsp3) is 0.333. The van der Waals surface area contributed by atoms with Crippen molar-refractivity contribution < 1.29 is 5.11 Å². The van der Waals surface area contributed by atoms with Gasteiger partial charge in [0.15, 0.2) is 0 Å². The average Bonchev–Trinajstić information content (AvgIpc) is 2.04. The Hall–Kier alpha value is -0.130. The van der Waals surface area contributed by atoms with Crippen LogP contribution in [0.5, 0.6) is 0 Å². The highest BCUT2D eigenvalue weighted by atomic mass is 127. The maximum absolute atomic E-state index is 9.22. The summed E-state index contributed by atoms with van der Waals surface area (Å²) in [5.74, 6) is 0. The van der Waals surface area contributed by atoms with E-state index in [2.05, 4.69) is 22.6 Å². The second-order valence-electron chi connectivity index (χ2n) is 2.82. The van der Waals surface area contributed by atoms with Crippen molar-refractivity contribution in [3.63, 3.8) is 0 Å². The maximum Gasteiger partial charge on any atom is 0.0704 e. The Bertz CT molecular complexity index is 245. The van der Waals surface area contributed by atoms with Crippen molar-refractivity contribution in [2.45, 2.75) is 19.1 Å². The Labute approximate surface area is 85.9 Å². The monoisotopic (exact) mass is 277 g/mol. The molecule has 0 amide bonds. The molecule has 2 atom stereocenters. The molecule has 0 unspecified atom stereocenters. The molecule has 0 aliphatic carbocycles. The molecule has 0 fully saturated rings. The maximum atomic E-state index is 9.22. The quantitative estimate of drug-likeness (QED) is 0.808. The largest absolute Gasteiger partial charge is 0.391 e. The van der Waals surface area contributed by atoms with E-state index >= 15 is 0 Å². The molecular formula is C9H12INO. The smallest absolute Gasteiger partial charge is 0.0704 e. The van der Waals surface area contributed by atoms with Gasteiger partial charge in [0, 0.05) is 3.57 Å². The SMILES string of the molecule is C[C@H](O)[C@@H](N)c1ccc(I)cc1. The first-order valence-corrected chi connectivity index (χ1v) is 4.88. The van der Waals surface area contributed by atoms with Gasteiger partial charge in [-0.3, -0.25) is 0 Å². The van der Waals surface area contributed by atoms with E-state index in [1.165, 1.54) is 3.57 Å². The molecule has 0 saturated carbocycles. The number of halogens is 1. The van der Waals surface area contributed by atoms with Crippen LogP contribution in [0.1, 0.15) is 18.5 Å². The molecule has 0 spiro atoms. The molecule has 0 bridgehead atoms. The minimum Gasteiger partial charge on any atom is -0.391 e. The van der Waals surface area contributed by atoms with Crippen LogP contribution in [0.2, 0.25) is 0 Å². The summed E-state index contributed by atoms with van der Waals surface area (Å²) in [6, 6.07) is 7.58. The summed E-state index contributed by atoms with van der Waals surface area (Å²) >= 11 is 2.23. The van der Waals surface area contributed by atoms with Crippen LogP contribution in [0.4, 0.5) is 0 Å². The van der Waals surface area contributed by atoms with Crippen LogP contribution in [-0.2, 0) is 0 Å². The van der Waals surface area contributed by atoms with E-state index in [1.807, 2.05) is 24.3 Å². The van der Waals surface area contributed by atoms with E-state index in [0.717, 1.165) is 5.56 Å². The van der Waals surface area contributed by atoms with Crippen LogP contribution in [0.3, 0.4) is 0 Å². The van der Waals surface area contributed by atoms with E-state index < -0.39 is 6.10 Å². The van der Waals surface area contributed by atoms with Crippen LogP contribution in [0.25, 0.3) is 0 Å². The molecule has 12 heavy (non-hydrogen) atoms. The van der Waals surface area contributed by atoms with Gasteiger partial charge in [0.2, 0.25) is 0 Å². The lowest BCUT2D eigenvalue weighted by molar-refractivity contribution is 0.164. The van der Waals surface area contributed by atoms with Crippen LogP contribution < -0.4 is 5.73 Å². The van der Waals surface area contributed by atoms with Crippen molar-refractivity contribution in [3.05, 3.63) is 33.4 Å². The molecule has 2 nitrogen and oxygen atoms in total. The number of nitrogens with two attached hydrogens (primary N) is 1. The van der Waals surface area contributed by atoms with Crippen molar-refractivity contribution in [2.24, 2.45) is 5.73 Å². The van der Waals surface area contributed by atoms with E-state index in [-0.39, 0.29) is 6.04 Å². The highest BCUT2D eigenvalue weighted by molar-refractivity contribution is 14.1. The van der Waals surface area contributed by atoms with Crippen LogP contribution in [0.15, 0.2) is 24.3 Å². The van der Waals surface area contributed by atoms with Gasteiger partial charge in [0.25, 0.3) is 0 Å². The summed E-state index contributed by atoms with van der Waals surface area (Å²) in [4.78, 5) is 0. The van der Waals surface area contributed by atoms with E-state index in [0.29, 0.717) is 0 Å². The first-order valence-electron chi connectivity index (χ1n) is 3.80.